The minimum absolute atomic E-state index is 0.391. The molecule has 4 rings (SSSR count). The van der Waals surface area contributed by atoms with Crippen LogP contribution in [0.1, 0.15) is 56.3 Å². The number of fused-ring (bicyclic) bond motifs is 1. The van der Waals surface area contributed by atoms with Gasteiger partial charge in [-0.1, -0.05) is 11.6 Å². The fourth-order valence-electron chi connectivity index (χ4n) is 3.39. The zero-order valence-corrected chi connectivity index (χ0v) is 15.4. The molecule has 24 heavy (non-hydrogen) atoms. The Hall–Kier alpha value is -1.46. The highest BCUT2D eigenvalue weighted by Crippen LogP contribution is 2.40. The summed E-state index contributed by atoms with van der Waals surface area (Å²) in [5, 5.41) is 9.35. The first-order valence-corrected chi connectivity index (χ1v) is 9.99. The van der Waals surface area contributed by atoms with Gasteiger partial charge in [0.05, 0.1) is 10.2 Å². The molecule has 5 heteroatoms. The fourth-order valence-corrected chi connectivity index (χ4v) is 4.33. The van der Waals surface area contributed by atoms with E-state index in [2.05, 4.69) is 35.9 Å². The molecule has 0 amide bonds. The Kier molecular flexibility index (Phi) is 4.55. The maximum Gasteiger partial charge on any atom is 0.148 e. The topological polar surface area (TPSA) is 49.8 Å². The van der Waals surface area contributed by atoms with Gasteiger partial charge in [0, 0.05) is 12.0 Å². The lowest BCUT2D eigenvalue weighted by Gasteiger charge is -2.17. The van der Waals surface area contributed by atoms with E-state index < -0.39 is 0 Å². The number of anilines is 1. The van der Waals surface area contributed by atoms with E-state index in [-0.39, 0.29) is 0 Å². The zero-order chi connectivity index (χ0) is 16.5. The number of aromatic nitrogens is 2. The lowest BCUT2D eigenvalue weighted by Crippen LogP contribution is -2.18. The van der Waals surface area contributed by atoms with Crippen LogP contribution >= 0.6 is 11.3 Å². The van der Waals surface area contributed by atoms with E-state index in [0.717, 1.165) is 49.5 Å². The molecule has 2 N–H and O–H groups in total. The third-order valence-corrected chi connectivity index (χ3v) is 5.97. The molecule has 0 saturated heterocycles. The van der Waals surface area contributed by atoms with Crippen molar-refractivity contribution in [3.8, 4) is 0 Å². The van der Waals surface area contributed by atoms with Crippen LogP contribution in [0, 0.1) is 6.92 Å². The van der Waals surface area contributed by atoms with Crippen LogP contribution in [0.4, 0.5) is 5.82 Å². The summed E-state index contributed by atoms with van der Waals surface area (Å²) in [5.41, 5.74) is 3.98. The molecule has 3 heterocycles. The van der Waals surface area contributed by atoms with Crippen LogP contribution in [0.5, 0.6) is 0 Å². The second-order valence-corrected chi connectivity index (χ2v) is 8.08. The summed E-state index contributed by atoms with van der Waals surface area (Å²) < 4.78 is 1.21. The van der Waals surface area contributed by atoms with Crippen molar-refractivity contribution < 1.29 is 0 Å². The van der Waals surface area contributed by atoms with Crippen molar-refractivity contribution in [1.82, 2.24) is 15.3 Å². The number of nitrogens with zero attached hydrogens (tertiary/aromatic N) is 2. The van der Waals surface area contributed by atoms with Crippen LogP contribution < -0.4 is 10.6 Å². The summed E-state index contributed by atoms with van der Waals surface area (Å²) in [7, 11) is 0. The Bertz CT molecular complexity index is 760. The van der Waals surface area contributed by atoms with Gasteiger partial charge in [0.15, 0.2) is 0 Å². The molecule has 1 saturated carbocycles. The molecule has 0 bridgehead atoms. The molecule has 0 aromatic carbocycles. The summed E-state index contributed by atoms with van der Waals surface area (Å²) in [5.74, 6) is 2.66. The van der Waals surface area contributed by atoms with Crippen molar-refractivity contribution in [1.29, 1.82) is 0 Å². The van der Waals surface area contributed by atoms with E-state index >= 15 is 0 Å². The van der Waals surface area contributed by atoms with E-state index in [1.807, 2.05) is 0 Å². The molecule has 128 valence electrons. The third-order valence-electron chi connectivity index (χ3n) is 4.88. The van der Waals surface area contributed by atoms with Crippen molar-refractivity contribution in [2.45, 2.75) is 57.9 Å². The van der Waals surface area contributed by atoms with E-state index in [1.165, 1.54) is 23.1 Å². The molecule has 2 aliphatic rings. The number of thiophene rings is 1. The number of aryl methyl sites for hydroxylation is 1. The van der Waals surface area contributed by atoms with Gasteiger partial charge >= 0.3 is 0 Å². The monoisotopic (exact) mass is 342 g/mol. The predicted molar refractivity (Wildman–Crippen MR) is 102 cm³/mol. The molecule has 4 nitrogen and oxygen atoms in total. The van der Waals surface area contributed by atoms with Crippen molar-refractivity contribution in [2.75, 3.05) is 18.4 Å². The number of rotatable bonds is 5. The van der Waals surface area contributed by atoms with Crippen LogP contribution in [0.25, 0.3) is 10.2 Å². The van der Waals surface area contributed by atoms with E-state index in [4.69, 9.17) is 9.97 Å². The van der Waals surface area contributed by atoms with E-state index in [9.17, 15) is 0 Å². The number of nitrogens with one attached hydrogen (secondary N) is 2. The number of hydrogen-bond acceptors (Lipinski definition) is 5. The van der Waals surface area contributed by atoms with Gasteiger partial charge in [-0.15, -0.1) is 11.3 Å². The van der Waals surface area contributed by atoms with Gasteiger partial charge in [0.2, 0.25) is 0 Å². The third kappa shape index (κ3) is 3.47. The molecular weight excluding hydrogens is 316 g/mol. The standard InChI is InChI=1S/C19H26N4S/c1-12-11-24-17-16(12)22-18(15-5-6-15)23-19(17)21-13(2)10-14-4-3-8-20-9-7-14/h4,11,13,15,20H,3,5-10H2,1-2H3,(H,21,22,23)/t13-/m0/s1. The highest BCUT2D eigenvalue weighted by molar-refractivity contribution is 7.18. The Morgan fingerprint density at radius 1 is 1.33 bits per heavy atom. The Morgan fingerprint density at radius 2 is 2.21 bits per heavy atom. The van der Waals surface area contributed by atoms with Crippen LogP contribution in [0.3, 0.4) is 0 Å². The summed E-state index contributed by atoms with van der Waals surface area (Å²) in [6.07, 6.45) is 8.30. The maximum absolute atomic E-state index is 4.88. The van der Waals surface area contributed by atoms with Gasteiger partial charge in [-0.2, -0.15) is 0 Å². The Balaban J connectivity index is 1.55. The van der Waals surface area contributed by atoms with Gasteiger partial charge in [-0.25, -0.2) is 9.97 Å². The first-order chi connectivity index (χ1) is 11.7. The van der Waals surface area contributed by atoms with Crippen molar-refractivity contribution in [3.05, 3.63) is 28.4 Å². The summed E-state index contributed by atoms with van der Waals surface area (Å²) in [4.78, 5) is 9.72. The van der Waals surface area contributed by atoms with Crippen LogP contribution in [-0.2, 0) is 0 Å². The lowest BCUT2D eigenvalue weighted by molar-refractivity contribution is 0.688. The summed E-state index contributed by atoms with van der Waals surface area (Å²) in [6, 6.07) is 0.391. The molecular formula is C19H26N4S. The Morgan fingerprint density at radius 3 is 3.04 bits per heavy atom. The minimum Gasteiger partial charge on any atom is -0.366 e. The highest BCUT2D eigenvalue weighted by Gasteiger charge is 2.28. The SMILES string of the molecule is Cc1csc2c(N[C@@H](C)CC3=CCCNCC3)nc(C3CC3)nc12. The summed E-state index contributed by atoms with van der Waals surface area (Å²) in [6.45, 7) is 6.63. The molecule has 1 aliphatic carbocycles. The van der Waals surface area contributed by atoms with Crippen LogP contribution in [0.15, 0.2) is 17.0 Å². The molecule has 2 aromatic heterocycles. The quantitative estimate of drug-likeness (QED) is 0.792. The average molecular weight is 343 g/mol. The molecule has 1 fully saturated rings. The van der Waals surface area contributed by atoms with Crippen LogP contribution in [-0.4, -0.2) is 29.1 Å². The highest BCUT2D eigenvalue weighted by atomic mass is 32.1. The lowest BCUT2D eigenvalue weighted by atomic mass is 10.0. The minimum atomic E-state index is 0.391. The zero-order valence-electron chi connectivity index (χ0n) is 14.6. The molecule has 0 unspecified atom stereocenters. The maximum atomic E-state index is 4.88. The summed E-state index contributed by atoms with van der Waals surface area (Å²) >= 11 is 1.76. The van der Waals surface area contributed by atoms with Gasteiger partial charge in [-0.3, -0.25) is 0 Å². The molecule has 1 aliphatic heterocycles. The first-order valence-electron chi connectivity index (χ1n) is 9.11. The molecule has 0 radical (unpaired) electrons. The largest absolute Gasteiger partial charge is 0.366 e. The second kappa shape index (κ2) is 6.81. The van der Waals surface area contributed by atoms with Crippen molar-refractivity contribution in [3.63, 3.8) is 0 Å². The van der Waals surface area contributed by atoms with Gasteiger partial charge in [0.25, 0.3) is 0 Å². The second-order valence-electron chi connectivity index (χ2n) is 7.20. The average Bonchev–Trinajstić information content (AvgIpc) is 3.37. The molecule has 2 aromatic rings. The normalized spacial score (nSPS) is 19.8. The van der Waals surface area contributed by atoms with Crippen LogP contribution in [0.2, 0.25) is 0 Å². The fraction of sp³-hybridized carbons (Fsp3) is 0.579. The van der Waals surface area contributed by atoms with E-state index in [1.54, 1.807) is 16.9 Å². The van der Waals surface area contributed by atoms with Gasteiger partial charge in [0.1, 0.15) is 11.6 Å². The smallest absolute Gasteiger partial charge is 0.148 e. The number of hydrogen-bond donors (Lipinski definition) is 2. The Labute approximate surface area is 147 Å². The van der Waals surface area contributed by atoms with Gasteiger partial charge in [-0.05, 0) is 70.0 Å². The van der Waals surface area contributed by atoms with Gasteiger partial charge < -0.3 is 10.6 Å². The predicted octanol–water partition coefficient (Wildman–Crippen LogP) is 4.38. The van der Waals surface area contributed by atoms with Crippen molar-refractivity contribution >= 4 is 27.4 Å². The molecule has 1 atom stereocenters. The first kappa shape index (κ1) is 16.0. The molecule has 0 spiro atoms. The van der Waals surface area contributed by atoms with Crippen molar-refractivity contribution in [2.24, 2.45) is 0 Å². The van der Waals surface area contributed by atoms with E-state index in [0.29, 0.717) is 12.0 Å².